The Labute approximate surface area is 196 Å². The highest BCUT2D eigenvalue weighted by atomic mass is 32.2. The first-order valence-electron chi connectivity index (χ1n) is 10.5. The van der Waals surface area contributed by atoms with Crippen LogP contribution >= 0.6 is 11.3 Å². The van der Waals surface area contributed by atoms with Crippen LogP contribution in [0.3, 0.4) is 0 Å². The summed E-state index contributed by atoms with van der Waals surface area (Å²) in [4.78, 5) is 13.3. The molecule has 0 saturated carbocycles. The van der Waals surface area contributed by atoms with E-state index in [0.717, 1.165) is 28.0 Å². The second kappa shape index (κ2) is 8.93. The largest absolute Gasteiger partial charge is 0.322 e. The van der Waals surface area contributed by atoms with Crippen molar-refractivity contribution in [1.82, 2.24) is 14.1 Å². The molecule has 0 unspecified atom stereocenters. The highest BCUT2D eigenvalue weighted by Gasteiger charge is 2.40. The number of anilines is 1. The number of carbonyl (C=O) groups is 1. The highest BCUT2D eigenvalue weighted by molar-refractivity contribution is 7.91. The number of benzene rings is 2. The summed E-state index contributed by atoms with van der Waals surface area (Å²) in [5.74, 6) is -0.371. The molecular weight excluding hydrogens is 456 g/mol. The number of carbonyl (C=O) groups excluding carboxylic acids is 1. The van der Waals surface area contributed by atoms with Crippen molar-refractivity contribution in [2.24, 2.45) is 0 Å². The smallest absolute Gasteiger partial charge is 0.253 e. The van der Waals surface area contributed by atoms with Crippen LogP contribution in [0.25, 0.3) is 0 Å². The van der Waals surface area contributed by atoms with Crippen LogP contribution in [0.2, 0.25) is 0 Å². The summed E-state index contributed by atoms with van der Waals surface area (Å²) < 4.78 is 30.0. The van der Waals surface area contributed by atoms with Crippen molar-refractivity contribution in [3.05, 3.63) is 101 Å². The summed E-state index contributed by atoms with van der Waals surface area (Å²) in [6, 6.07) is 20.0. The van der Waals surface area contributed by atoms with Crippen LogP contribution in [0, 0.1) is 0 Å². The van der Waals surface area contributed by atoms with E-state index in [-0.39, 0.29) is 16.7 Å². The minimum Gasteiger partial charge on any atom is -0.322 e. The lowest BCUT2D eigenvalue weighted by Crippen LogP contribution is -2.50. The number of thiophene rings is 1. The van der Waals surface area contributed by atoms with Crippen LogP contribution in [0.5, 0.6) is 0 Å². The number of hydrogen-bond acceptors (Lipinski definition) is 5. The Bertz CT molecular complexity index is 1370. The molecule has 2 aromatic carbocycles. The van der Waals surface area contributed by atoms with Gasteiger partial charge in [-0.15, -0.1) is 11.3 Å². The summed E-state index contributed by atoms with van der Waals surface area (Å²) in [5.41, 5.74) is 3.52. The number of nitrogens with zero attached hydrogens (tertiary/aromatic N) is 3. The maximum absolute atomic E-state index is 13.4. The molecule has 33 heavy (non-hydrogen) atoms. The van der Waals surface area contributed by atoms with Crippen LogP contribution < -0.4 is 5.32 Å². The molecule has 1 aliphatic rings. The molecule has 9 heteroatoms. The van der Waals surface area contributed by atoms with E-state index in [2.05, 4.69) is 10.4 Å². The lowest BCUT2D eigenvalue weighted by Gasteiger charge is -2.34. The minimum absolute atomic E-state index is 0.155. The molecule has 0 bridgehead atoms. The third kappa shape index (κ3) is 4.47. The van der Waals surface area contributed by atoms with Gasteiger partial charge in [0.1, 0.15) is 10.3 Å². The average molecular weight is 479 g/mol. The molecule has 168 valence electrons. The third-order valence-corrected chi connectivity index (χ3v) is 8.88. The van der Waals surface area contributed by atoms with Gasteiger partial charge in [0.05, 0.1) is 18.4 Å². The lowest BCUT2D eigenvalue weighted by atomic mass is 9.95. The monoisotopic (exact) mass is 478 g/mol. The first kappa shape index (κ1) is 21.6. The van der Waals surface area contributed by atoms with Crippen molar-refractivity contribution in [2.75, 3.05) is 5.32 Å². The van der Waals surface area contributed by atoms with E-state index in [4.69, 9.17) is 0 Å². The molecule has 1 atom stereocenters. The summed E-state index contributed by atoms with van der Waals surface area (Å²) in [6.07, 6.45) is 3.64. The average Bonchev–Trinajstić information content (AvgIpc) is 3.52. The van der Waals surface area contributed by atoms with Crippen molar-refractivity contribution in [3.8, 4) is 0 Å². The molecule has 1 aliphatic heterocycles. The Balaban J connectivity index is 1.39. The van der Waals surface area contributed by atoms with E-state index in [1.165, 1.54) is 4.31 Å². The molecule has 7 nitrogen and oxygen atoms in total. The molecule has 0 aliphatic carbocycles. The first-order valence-corrected chi connectivity index (χ1v) is 12.8. The molecular formula is C24H22N4O3S2. The van der Waals surface area contributed by atoms with Gasteiger partial charge in [0.25, 0.3) is 10.0 Å². The Morgan fingerprint density at radius 3 is 2.55 bits per heavy atom. The van der Waals surface area contributed by atoms with E-state index < -0.39 is 16.1 Å². The summed E-state index contributed by atoms with van der Waals surface area (Å²) in [5, 5.41) is 8.92. The van der Waals surface area contributed by atoms with Crippen molar-refractivity contribution in [3.63, 3.8) is 0 Å². The number of aromatic nitrogens is 2. The fourth-order valence-electron chi connectivity index (χ4n) is 4.01. The molecule has 1 amide bonds. The first-order chi connectivity index (χ1) is 16.0. The molecule has 0 radical (unpaired) electrons. The predicted octanol–water partition coefficient (Wildman–Crippen LogP) is 3.75. The van der Waals surface area contributed by atoms with Gasteiger partial charge in [0.15, 0.2) is 0 Å². The fraction of sp³-hybridized carbons (Fsp3) is 0.167. The van der Waals surface area contributed by atoms with Crippen LogP contribution in [0.1, 0.15) is 16.7 Å². The van der Waals surface area contributed by atoms with E-state index in [1.54, 1.807) is 34.6 Å². The maximum Gasteiger partial charge on any atom is 0.253 e. The van der Waals surface area contributed by atoms with E-state index in [1.807, 2.05) is 54.6 Å². The summed E-state index contributed by atoms with van der Waals surface area (Å²) >= 11 is 1.15. The Hall–Kier alpha value is -3.27. The molecule has 2 aromatic heterocycles. The normalized spacial score (nSPS) is 16.3. The topological polar surface area (TPSA) is 84.3 Å². The van der Waals surface area contributed by atoms with E-state index >= 15 is 0 Å². The van der Waals surface area contributed by atoms with Crippen LogP contribution in [-0.4, -0.2) is 34.5 Å². The molecule has 1 N–H and O–H groups in total. The molecule has 4 aromatic rings. The van der Waals surface area contributed by atoms with Crippen LogP contribution in [0.4, 0.5) is 5.69 Å². The minimum atomic E-state index is -3.81. The second-order valence-electron chi connectivity index (χ2n) is 7.87. The second-order valence-corrected chi connectivity index (χ2v) is 10.9. The van der Waals surface area contributed by atoms with E-state index in [9.17, 15) is 13.2 Å². The van der Waals surface area contributed by atoms with Crippen molar-refractivity contribution < 1.29 is 13.2 Å². The van der Waals surface area contributed by atoms with Crippen LogP contribution in [-0.2, 0) is 34.3 Å². The van der Waals surface area contributed by atoms with Gasteiger partial charge in [-0.1, -0.05) is 60.7 Å². The number of fused-ring (bicyclic) bond motifs is 1. The molecule has 3 heterocycles. The van der Waals surface area contributed by atoms with Gasteiger partial charge in [-0.05, 0) is 34.6 Å². The highest BCUT2D eigenvalue weighted by Crippen LogP contribution is 2.31. The Morgan fingerprint density at radius 1 is 1.03 bits per heavy atom. The Kier molecular flexibility index (Phi) is 5.84. The summed E-state index contributed by atoms with van der Waals surface area (Å²) in [6.45, 7) is 0.730. The van der Waals surface area contributed by atoms with Gasteiger partial charge < -0.3 is 5.32 Å². The summed E-state index contributed by atoms with van der Waals surface area (Å²) in [7, 11) is -3.81. The number of nitrogens with one attached hydrogen (secondary N) is 1. The van der Waals surface area contributed by atoms with Crippen molar-refractivity contribution >= 4 is 33.0 Å². The van der Waals surface area contributed by atoms with Gasteiger partial charge in [0, 0.05) is 12.7 Å². The maximum atomic E-state index is 13.4. The SMILES string of the molecule is O=C(Nc1cnn(Cc2ccccc2)c1)[C@@H]1Cc2ccccc2CN1S(=O)(=O)c1cccs1. The molecule has 5 rings (SSSR count). The van der Waals surface area contributed by atoms with Crippen molar-refractivity contribution in [1.29, 1.82) is 0 Å². The predicted molar refractivity (Wildman–Crippen MR) is 127 cm³/mol. The van der Waals surface area contributed by atoms with E-state index in [0.29, 0.717) is 18.7 Å². The van der Waals surface area contributed by atoms with Gasteiger partial charge >= 0.3 is 0 Å². The zero-order valence-corrected chi connectivity index (χ0v) is 19.3. The van der Waals surface area contributed by atoms with Gasteiger partial charge in [-0.25, -0.2) is 8.42 Å². The van der Waals surface area contributed by atoms with Gasteiger partial charge in [-0.3, -0.25) is 9.48 Å². The quantitative estimate of drug-likeness (QED) is 0.458. The standard InChI is InChI=1S/C24H22N4O3S2/c29-24(26-21-14-25-27(17-21)15-18-7-2-1-3-8-18)22-13-19-9-4-5-10-20(19)16-28(22)33(30,31)23-11-6-12-32-23/h1-12,14,17,22H,13,15-16H2,(H,26,29)/t22-/m0/s1. The number of amides is 1. The Morgan fingerprint density at radius 2 is 1.79 bits per heavy atom. The molecule has 0 fully saturated rings. The fourth-order valence-corrected chi connectivity index (χ4v) is 6.70. The zero-order chi connectivity index (χ0) is 22.8. The van der Waals surface area contributed by atoms with Gasteiger partial charge in [-0.2, -0.15) is 9.40 Å². The zero-order valence-electron chi connectivity index (χ0n) is 17.7. The number of rotatable bonds is 6. The van der Waals surface area contributed by atoms with Crippen molar-refractivity contribution in [2.45, 2.75) is 29.8 Å². The number of sulfonamides is 1. The molecule has 0 spiro atoms. The molecule has 0 saturated heterocycles. The number of hydrogen-bond donors (Lipinski definition) is 1. The lowest BCUT2D eigenvalue weighted by molar-refractivity contribution is -0.120. The third-order valence-electron chi connectivity index (χ3n) is 5.65. The van der Waals surface area contributed by atoms with Gasteiger partial charge in [0.2, 0.25) is 5.91 Å². The van der Waals surface area contributed by atoms with Crippen LogP contribution in [0.15, 0.2) is 88.7 Å².